The highest BCUT2D eigenvalue weighted by molar-refractivity contribution is 7.92. The van der Waals surface area contributed by atoms with E-state index in [9.17, 15) is 9.66 Å². The van der Waals surface area contributed by atoms with Gasteiger partial charge in [-0.05, 0) is 35.8 Å². The first kappa shape index (κ1) is 9.77. The van der Waals surface area contributed by atoms with E-state index in [0.717, 1.165) is 4.90 Å². The molecular formula is C11H12O2S. The first-order chi connectivity index (χ1) is 6.79. The molecule has 0 heterocycles. The van der Waals surface area contributed by atoms with Crippen LogP contribution in [-0.4, -0.2) is 21.0 Å². The van der Waals surface area contributed by atoms with Gasteiger partial charge in [-0.1, -0.05) is 24.3 Å². The van der Waals surface area contributed by atoms with Crippen molar-refractivity contribution in [2.75, 3.05) is 0 Å². The second kappa shape index (κ2) is 4.17. The van der Waals surface area contributed by atoms with Crippen molar-refractivity contribution in [2.45, 2.75) is 22.7 Å². The van der Waals surface area contributed by atoms with Gasteiger partial charge in [-0.15, -0.1) is 0 Å². The van der Waals surface area contributed by atoms with E-state index >= 15 is 0 Å². The molecule has 2 rings (SSSR count). The van der Waals surface area contributed by atoms with Gasteiger partial charge >= 0.3 is 0 Å². The lowest BCUT2D eigenvalue weighted by molar-refractivity contribution is 0.191. The fourth-order valence-corrected chi connectivity index (χ4v) is 2.93. The van der Waals surface area contributed by atoms with Crippen LogP contribution in [0.2, 0.25) is 0 Å². The Morgan fingerprint density at radius 1 is 1.29 bits per heavy atom. The fourth-order valence-electron chi connectivity index (χ4n) is 1.54. The molecule has 2 nitrogen and oxygen atoms in total. The van der Waals surface area contributed by atoms with Gasteiger partial charge in [0.2, 0.25) is 0 Å². The van der Waals surface area contributed by atoms with Crippen molar-refractivity contribution in [2.24, 2.45) is 0 Å². The molecule has 0 saturated heterocycles. The molecule has 0 aliphatic heterocycles. The van der Waals surface area contributed by atoms with Crippen molar-refractivity contribution in [3.05, 3.63) is 42.5 Å². The Labute approximate surface area is 86.4 Å². The Bertz CT molecular complexity index is 323. The summed E-state index contributed by atoms with van der Waals surface area (Å²) >= 11 is -1.13. The molecule has 0 fully saturated rings. The molecule has 0 aromatic heterocycles. The van der Waals surface area contributed by atoms with Crippen LogP contribution in [0.25, 0.3) is 0 Å². The summed E-state index contributed by atoms with van der Waals surface area (Å²) in [4.78, 5) is 0.781. The first-order valence-electron chi connectivity index (χ1n) is 4.59. The van der Waals surface area contributed by atoms with Gasteiger partial charge in [0.25, 0.3) is 0 Å². The van der Waals surface area contributed by atoms with Crippen LogP contribution >= 0.6 is 0 Å². The molecular weight excluding hydrogens is 196 g/mol. The van der Waals surface area contributed by atoms with Crippen molar-refractivity contribution >= 4 is 11.2 Å². The van der Waals surface area contributed by atoms with E-state index in [0.29, 0.717) is 6.42 Å². The van der Waals surface area contributed by atoms with Crippen molar-refractivity contribution < 1.29 is 9.66 Å². The number of hydrogen-bond donors (Lipinski definition) is 1. The zero-order valence-corrected chi connectivity index (χ0v) is 8.48. The van der Waals surface area contributed by atoms with Crippen molar-refractivity contribution in [3.63, 3.8) is 0 Å². The highest BCUT2D eigenvalue weighted by Gasteiger charge is 2.32. The molecule has 1 aliphatic rings. The number of aliphatic hydroxyl groups excluding tert-OH is 1. The largest absolute Gasteiger partial charge is 0.611 e. The summed E-state index contributed by atoms with van der Waals surface area (Å²) in [5.74, 6) is 0. The van der Waals surface area contributed by atoms with E-state index in [4.69, 9.17) is 0 Å². The normalized spacial score (nSPS) is 27.9. The van der Waals surface area contributed by atoms with E-state index in [-0.39, 0.29) is 5.25 Å². The summed E-state index contributed by atoms with van der Waals surface area (Å²) in [5.41, 5.74) is 0. The molecule has 1 aromatic carbocycles. The van der Waals surface area contributed by atoms with E-state index in [1.807, 2.05) is 42.5 Å². The third-order valence-electron chi connectivity index (χ3n) is 2.31. The lowest BCUT2D eigenvalue weighted by Gasteiger charge is -2.18. The topological polar surface area (TPSA) is 43.3 Å². The predicted molar refractivity (Wildman–Crippen MR) is 56.4 cm³/mol. The van der Waals surface area contributed by atoms with Crippen molar-refractivity contribution in [3.8, 4) is 0 Å². The van der Waals surface area contributed by atoms with E-state index < -0.39 is 17.3 Å². The predicted octanol–water partition coefficient (Wildman–Crippen LogP) is 1.48. The van der Waals surface area contributed by atoms with Crippen LogP contribution in [0.5, 0.6) is 0 Å². The summed E-state index contributed by atoms with van der Waals surface area (Å²) in [6, 6.07) is 9.27. The van der Waals surface area contributed by atoms with Gasteiger partial charge in [0, 0.05) is 0 Å². The molecule has 74 valence electrons. The maximum atomic E-state index is 12.0. The summed E-state index contributed by atoms with van der Waals surface area (Å²) in [6.45, 7) is 0. The molecule has 3 unspecified atom stereocenters. The highest BCUT2D eigenvalue weighted by Crippen LogP contribution is 2.24. The Hall–Kier alpha value is -0.770. The van der Waals surface area contributed by atoms with Gasteiger partial charge < -0.3 is 9.66 Å². The van der Waals surface area contributed by atoms with Crippen molar-refractivity contribution in [1.29, 1.82) is 0 Å². The first-order valence-corrected chi connectivity index (χ1v) is 5.80. The zero-order chi connectivity index (χ0) is 9.97. The van der Waals surface area contributed by atoms with Crippen LogP contribution in [0.15, 0.2) is 47.4 Å². The van der Waals surface area contributed by atoms with Gasteiger partial charge in [-0.3, -0.25) is 0 Å². The van der Waals surface area contributed by atoms with Crippen LogP contribution in [-0.2, 0) is 11.2 Å². The minimum absolute atomic E-state index is 0.239. The number of rotatable bonds is 2. The molecule has 14 heavy (non-hydrogen) atoms. The Kier molecular flexibility index (Phi) is 2.91. The maximum Gasteiger partial charge on any atom is 0.165 e. The maximum absolute atomic E-state index is 12.0. The molecule has 3 atom stereocenters. The van der Waals surface area contributed by atoms with Gasteiger partial charge in [0.05, 0.1) is 0 Å². The summed E-state index contributed by atoms with van der Waals surface area (Å²) < 4.78 is 12.0. The molecule has 0 amide bonds. The van der Waals surface area contributed by atoms with Crippen LogP contribution in [0, 0.1) is 0 Å². The Morgan fingerprint density at radius 2 is 2.00 bits per heavy atom. The molecule has 0 radical (unpaired) electrons. The summed E-state index contributed by atoms with van der Waals surface area (Å²) in [6.07, 6.45) is 3.85. The van der Waals surface area contributed by atoms with Crippen LogP contribution in [0.3, 0.4) is 0 Å². The van der Waals surface area contributed by atoms with E-state index in [1.54, 1.807) is 0 Å². The van der Waals surface area contributed by atoms with E-state index in [2.05, 4.69) is 0 Å². The second-order valence-electron chi connectivity index (χ2n) is 3.31. The zero-order valence-electron chi connectivity index (χ0n) is 7.67. The molecule has 0 bridgehead atoms. The third-order valence-corrected chi connectivity index (χ3v) is 4.01. The Balaban J connectivity index is 2.16. The lowest BCUT2D eigenvalue weighted by Crippen LogP contribution is -2.29. The second-order valence-corrected chi connectivity index (χ2v) is 4.92. The smallest absolute Gasteiger partial charge is 0.165 e. The van der Waals surface area contributed by atoms with Crippen LogP contribution in [0.1, 0.15) is 6.42 Å². The lowest BCUT2D eigenvalue weighted by atomic mass is 10.3. The molecule has 1 N–H and O–H groups in total. The van der Waals surface area contributed by atoms with Gasteiger partial charge in [-0.25, -0.2) is 0 Å². The molecule has 1 aromatic rings. The van der Waals surface area contributed by atoms with Gasteiger partial charge in [0.15, 0.2) is 10.1 Å². The molecule has 3 heteroatoms. The monoisotopic (exact) mass is 208 g/mol. The van der Waals surface area contributed by atoms with Crippen LogP contribution < -0.4 is 0 Å². The average molecular weight is 208 g/mol. The standard InChI is InChI=1S/C11H12O2S/c12-10-7-4-8-11(10)14(13)9-5-2-1-3-6-9/h1-6,8,10-12H,7H2. The molecule has 0 spiro atoms. The quantitative estimate of drug-likeness (QED) is 0.591. The van der Waals surface area contributed by atoms with E-state index in [1.165, 1.54) is 0 Å². The number of aliphatic hydroxyl groups is 1. The van der Waals surface area contributed by atoms with Gasteiger partial charge in [0.1, 0.15) is 6.10 Å². The minimum Gasteiger partial charge on any atom is -0.611 e. The minimum atomic E-state index is -1.13. The Morgan fingerprint density at radius 3 is 2.57 bits per heavy atom. The highest BCUT2D eigenvalue weighted by atomic mass is 32.2. The SMILES string of the molecule is [O-][S+](c1ccccc1)C1C=CCC1O. The van der Waals surface area contributed by atoms with Crippen molar-refractivity contribution in [1.82, 2.24) is 0 Å². The summed E-state index contributed by atoms with van der Waals surface area (Å²) in [5, 5.41) is 9.33. The average Bonchev–Trinajstić information content (AvgIpc) is 2.65. The molecule has 1 aliphatic carbocycles. The third kappa shape index (κ3) is 1.85. The van der Waals surface area contributed by atoms with Crippen LogP contribution in [0.4, 0.5) is 0 Å². The number of hydrogen-bond acceptors (Lipinski definition) is 2. The summed E-state index contributed by atoms with van der Waals surface area (Å²) in [7, 11) is 0. The number of benzene rings is 1. The molecule has 0 saturated carbocycles. The fraction of sp³-hybridized carbons (Fsp3) is 0.273. The van der Waals surface area contributed by atoms with Gasteiger partial charge in [-0.2, -0.15) is 0 Å².